The van der Waals surface area contributed by atoms with Crippen molar-refractivity contribution in [1.82, 2.24) is 4.90 Å². The van der Waals surface area contributed by atoms with E-state index in [0.717, 1.165) is 57.8 Å². The van der Waals surface area contributed by atoms with Crippen LogP contribution >= 0.6 is 0 Å². The number of likely N-dealkylation sites (tertiary alicyclic amines) is 1. The molecular formula is C15H23NO3. The van der Waals surface area contributed by atoms with Crippen molar-refractivity contribution in [2.75, 3.05) is 6.54 Å². The zero-order chi connectivity index (χ0) is 13.5. The number of hydrogen-bond acceptors (Lipinski definition) is 3. The summed E-state index contributed by atoms with van der Waals surface area (Å²) < 4.78 is 0. The van der Waals surface area contributed by atoms with Gasteiger partial charge in [0.05, 0.1) is 24.0 Å². The van der Waals surface area contributed by atoms with Crippen LogP contribution in [0.5, 0.6) is 0 Å². The van der Waals surface area contributed by atoms with Crippen LogP contribution in [0.15, 0.2) is 0 Å². The van der Waals surface area contributed by atoms with E-state index in [-0.39, 0.29) is 30.2 Å². The van der Waals surface area contributed by atoms with E-state index in [4.69, 9.17) is 0 Å². The average Bonchev–Trinajstić information content (AvgIpc) is 2.65. The van der Waals surface area contributed by atoms with Crippen LogP contribution in [-0.4, -0.2) is 34.0 Å². The third-order valence-electron chi connectivity index (χ3n) is 5.17. The predicted octanol–water partition coefficient (Wildman–Crippen LogP) is 1.86. The van der Waals surface area contributed by atoms with Crippen LogP contribution < -0.4 is 0 Å². The summed E-state index contributed by atoms with van der Waals surface area (Å²) in [5.74, 6) is -0.218. The maximum atomic E-state index is 12.4. The second-order valence-corrected chi connectivity index (χ2v) is 6.55. The van der Waals surface area contributed by atoms with Crippen molar-refractivity contribution < 1.29 is 14.7 Å². The molecule has 3 fully saturated rings. The molecule has 106 valence electrons. The highest BCUT2D eigenvalue weighted by Crippen LogP contribution is 2.39. The van der Waals surface area contributed by atoms with Crippen molar-refractivity contribution in [3.8, 4) is 0 Å². The van der Waals surface area contributed by atoms with E-state index in [2.05, 4.69) is 0 Å². The normalized spacial score (nSPS) is 34.5. The van der Waals surface area contributed by atoms with Gasteiger partial charge in [-0.2, -0.15) is 0 Å². The summed E-state index contributed by atoms with van der Waals surface area (Å²) >= 11 is 0. The number of nitrogens with zero attached hydrogens (tertiary/aromatic N) is 1. The minimum absolute atomic E-state index is 0.0197. The molecule has 0 aromatic rings. The number of β-amino-alcohol motifs (C(OH)–C–C–N with tert-alkyl or cyclic N) is 1. The fraction of sp³-hybridized carbons (Fsp3) is 0.867. The maximum absolute atomic E-state index is 12.4. The molecular weight excluding hydrogens is 242 g/mol. The van der Waals surface area contributed by atoms with Crippen molar-refractivity contribution in [3.63, 3.8) is 0 Å². The van der Waals surface area contributed by atoms with Gasteiger partial charge < -0.3 is 5.11 Å². The molecule has 1 saturated heterocycles. The number of carbonyl (C=O) groups is 2. The highest BCUT2D eigenvalue weighted by Gasteiger charge is 2.50. The summed E-state index contributed by atoms with van der Waals surface area (Å²) in [5, 5.41) is 10.6. The lowest BCUT2D eigenvalue weighted by molar-refractivity contribution is -0.145. The number of fused-ring (bicyclic) bond motifs is 1. The Morgan fingerprint density at radius 2 is 1.47 bits per heavy atom. The molecule has 0 aromatic carbocycles. The Morgan fingerprint density at radius 1 is 0.947 bits per heavy atom. The maximum Gasteiger partial charge on any atom is 0.233 e. The number of hydrogen-bond donors (Lipinski definition) is 1. The van der Waals surface area contributed by atoms with Crippen molar-refractivity contribution in [3.05, 3.63) is 0 Å². The van der Waals surface area contributed by atoms with Gasteiger partial charge in [-0.25, -0.2) is 0 Å². The number of carbonyl (C=O) groups excluding carboxylic acids is 2. The summed E-state index contributed by atoms with van der Waals surface area (Å²) in [7, 11) is 0. The molecule has 0 aromatic heterocycles. The first-order valence-corrected chi connectivity index (χ1v) is 7.68. The van der Waals surface area contributed by atoms with Crippen LogP contribution in [0.3, 0.4) is 0 Å². The quantitative estimate of drug-likeness (QED) is 0.775. The molecule has 2 aliphatic carbocycles. The van der Waals surface area contributed by atoms with Gasteiger partial charge >= 0.3 is 0 Å². The van der Waals surface area contributed by atoms with Crippen LogP contribution in [-0.2, 0) is 9.59 Å². The van der Waals surface area contributed by atoms with Gasteiger partial charge in [0.2, 0.25) is 11.8 Å². The lowest BCUT2D eigenvalue weighted by Crippen LogP contribution is -2.47. The minimum Gasteiger partial charge on any atom is -0.388 e. The standard InChI is InChI=1S/C15H23NO3/c17-13-11-6-2-3-7-12(11)14(18)16(13)10-15(19)8-4-1-5-9-15/h11-12,19H,1-10H2. The van der Waals surface area contributed by atoms with Gasteiger partial charge in [-0.1, -0.05) is 32.1 Å². The molecule has 2 unspecified atom stereocenters. The Kier molecular flexibility index (Phi) is 3.37. The summed E-state index contributed by atoms with van der Waals surface area (Å²) in [6.07, 6.45) is 8.40. The van der Waals surface area contributed by atoms with Crippen LogP contribution in [0.4, 0.5) is 0 Å². The monoisotopic (exact) mass is 265 g/mol. The Balaban J connectivity index is 1.73. The second kappa shape index (κ2) is 4.89. The Morgan fingerprint density at radius 3 is 2.00 bits per heavy atom. The summed E-state index contributed by atoms with van der Waals surface area (Å²) in [4.78, 5) is 26.1. The molecule has 2 atom stereocenters. The van der Waals surface area contributed by atoms with Gasteiger partial charge in [-0.15, -0.1) is 0 Å². The molecule has 3 rings (SSSR count). The van der Waals surface area contributed by atoms with Crippen molar-refractivity contribution in [1.29, 1.82) is 0 Å². The molecule has 2 amide bonds. The second-order valence-electron chi connectivity index (χ2n) is 6.55. The third-order valence-corrected chi connectivity index (χ3v) is 5.17. The zero-order valence-electron chi connectivity index (χ0n) is 11.4. The molecule has 1 heterocycles. The topological polar surface area (TPSA) is 57.6 Å². The highest BCUT2D eigenvalue weighted by atomic mass is 16.3. The first-order chi connectivity index (χ1) is 9.11. The summed E-state index contributed by atoms with van der Waals surface area (Å²) in [5.41, 5.74) is -0.822. The average molecular weight is 265 g/mol. The molecule has 1 aliphatic heterocycles. The van der Waals surface area contributed by atoms with E-state index in [0.29, 0.717) is 0 Å². The Bertz CT molecular complexity index is 363. The van der Waals surface area contributed by atoms with Crippen molar-refractivity contribution in [2.45, 2.75) is 63.4 Å². The zero-order valence-corrected chi connectivity index (χ0v) is 11.4. The SMILES string of the molecule is O=C1C2CCCCC2C(=O)N1CC1(O)CCCCC1. The fourth-order valence-electron chi connectivity index (χ4n) is 4.05. The first-order valence-electron chi connectivity index (χ1n) is 7.68. The van der Waals surface area contributed by atoms with E-state index in [1.165, 1.54) is 4.90 Å². The van der Waals surface area contributed by atoms with E-state index >= 15 is 0 Å². The molecule has 19 heavy (non-hydrogen) atoms. The van der Waals surface area contributed by atoms with E-state index in [1.54, 1.807) is 0 Å². The molecule has 0 spiro atoms. The van der Waals surface area contributed by atoms with Gasteiger partial charge in [0.15, 0.2) is 0 Å². The smallest absolute Gasteiger partial charge is 0.233 e. The molecule has 4 heteroatoms. The molecule has 0 radical (unpaired) electrons. The van der Waals surface area contributed by atoms with Gasteiger partial charge in [0.1, 0.15) is 0 Å². The van der Waals surface area contributed by atoms with E-state index in [1.807, 2.05) is 0 Å². The summed E-state index contributed by atoms with van der Waals surface area (Å²) in [6, 6.07) is 0. The van der Waals surface area contributed by atoms with Crippen LogP contribution in [0.1, 0.15) is 57.8 Å². The Labute approximate surface area is 114 Å². The third kappa shape index (κ3) is 2.31. The lowest BCUT2D eigenvalue weighted by Gasteiger charge is -2.34. The number of amides is 2. The molecule has 1 N–H and O–H groups in total. The molecule has 4 nitrogen and oxygen atoms in total. The van der Waals surface area contributed by atoms with Gasteiger partial charge in [0, 0.05) is 0 Å². The van der Waals surface area contributed by atoms with Crippen LogP contribution in [0.25, 0.3) is 0 Å². The van der Waals surface area contributed by atoms with Crippen LogP contribution in [0, 0.1) is 11.8 Å². The number of aliphatic hydroxyl groups is 1. The highest BCUT2D eigenvalue weighted by molar-refractivity contribution is 6.05. The molecule has 0 bridgehead atoms. The number of rotatable bonds is 2. The fourth-order valence-corrected chi connectivity index (χ4v) is 4.05. The first kappa shape index (κ1) is 13.1. The molecule has 3 aliphatic rings. The van der Waals surface area contributed by atoms with Crippen molar-refractivity contribution >= 4 is 11.8 Å². The van der Waals surface area contributed by atoms with E-state index < -0.39 is 5.60 Å². The van der Waals surface area contributed by atoms with Crippen molar-refractivity contribution in [2.24, 2.45) is 11.8 Å². The van der Waals surface area contributed by atoms with Gasteiger partial charge in [0.25, 0.3) is 0 Å². The predicted molar refractivity (Wildman–Crippen MR) is 70.2 cm³/mol. The van der Waals surface area contributed by atoms with Crippen LogP contribution in [0.2, 0.25) is 0 Å². The minimum atomic E-state index is -0.822. The number of imide groups is 1. The summed E-state index contributed by atoms with van der Waals surface area (Å²) in [6.45, 7) is 0.234. The lowest BCUT2D eigenvalue weighted by atomic mass is 9.81. The van der Waals surface area contributed by atoms with Gasteiger partial charge in [-0.3, -0.25) is 14.5 Å². The molecule has 2 saturated carbocycles. The Hall–Kier alpha value is -0.900. The van der Waals surface area contributed by atoms with Gasteiger partial charge in [-0.05, 0) is 25.7 Å². The van der Waals surface area contributed by atoms with E-state index in [9.17, 15) is 14.7 Å². The largest absolute Gasteiger partial charge is 0.388 e.